The first-order valence-electron chi connectivity index (χ1n) is 11.2. The van der Waals surface area contributed by atoms with Gasteiger partial charge in [0, 0.05) is 34.6 Å². The number of imidazole rings is 1. The first-order chi connectivity index (χ1) is 17.2. The molecule has 0 bridgehead atoms. The Morgan fingerprint density at radius 2 is 2.00 bits per heavy atom. The number of thiophene rings is 2. The van der Waals surface area contributed by atoms with Gasteiger partial charge in [-0.25, -0.2) is 4.98 Å². The zero-order chi connectivity index (χ0) is 24.0. The molecule has 2 aromatic carbocycles. The van der Waals surface area contributed by atoms with Crippen molar-refractivity contribution < 1.29 is 4.79 Å². The molecule has 0 saturated heterocycles. The van der Waals surface area contributed by atoms with Crippen LogP contribution in [0.25, 0.3) is 10.1 Å². The molecule has 3 heterocycles. The van der Waals surface area contributed by atoms with Crippen LogP contribution in [0, 0.1) is 11.3 Å². The number of hydrogen-bond donors (Lipinski definition) is 2. The van der Waals surface area contributed by atoms with Crippen LogP contribution in [0.1, 0.15) is 31.4 Å². The Balaban J connectivity index is 1.20. The van der Waals surface area contributed by atoms with Crippen LogP contribution >= 0.6 is 22.7 Å². The van der Waals surface area contributed by atoms with Crippen molar-refractivity contribution in [1.29, 1.82) is 5.26 Å². The molecule has 8 heteroatoms. The van der Waals surface area contributed by atoms with E-state index in [1.807, 2.05) is 55.0 Å². The van der Waals surface area contributed by atoms with Gasteiger partial charge in [0.15, 0.2) is 0 Å². The molecule has 174 valence electrons. The van der Waals surface area contributed by atoms with Crippen LogP contribution in [0.2, 0.25) is 0 Å². The van der Waals surface area contributed by atoms with Crippen molar-refractivity contribution in [3.63, 3.8) is 0 Å². The lowest BCUT2D eigenvalue weighted by atomic mass is 10.1. The van der Waals surface area contributed by atoms with Crippen molar-refractivity contribution in [1.82, 2.24) is 14.9 Å². The van der Waals surface area contributed by atoms with E-state index in [1.165, 1.54) is 16.2 Å². The van der Waals surface area contributed by atoms with E-state index in [0.717, 1.165) is 38.3 Å². The number of hydrogen-bond acceptors (Lipinski definition) is 6. The molecule has 0 aliphatic carbocycles. The van der Waals surface area contributed by atoms with Gasteiger partial charge in [-0.05, 0) is 65.2 Å². The monoisotopic (exact) mass is 497 g/mol. The van der Waals surface area contributed by atoms with E-state index in [2.05, 4.69) is 49.8 Å². The van der Waals surface area contributed by atoms with Gasteiger partial charge in [0.1, 0.15) is 0 Å². The van der Waals surface area contributed by atoms with Crippen LogP contribution < -0.4 is 10.6 Å². The molecular weight excluding hydrogens is 474 g/mol. The maximum absolute atomic E-state index is 12.6. The van der Waals surface area contributed by atoms with Gasteiger partial charge in [-0.3, -0.25) is 4.79 Å². The highest BCUT2D eigenvalue weighted by Crippen LogP contribution is 2.28. The van der Waals surface area contributed by atoms with Crippen molar-refractivity contribution in [2.75, 3.05) is 11.9 Å². The summed E-state index contributed by atoms with van der Waals surface area (Å²) in [7, 11) is 0. The fourth-order valence-corrected chi connectivity index (χ4v) is 5.49. The number of nitriles is 1. The SMILES string of the molecule is N#Cc1ccc(Cn2cncc2CNc2ccc3sc(C(=O)NCCc4cccs4)cc3c2)cc1. The number of benzene rings is 2. The van der Waals surface area contributed by atoms with Crippen LogP contribution in [0.4, 0.5) is 5.69 Å². The summed E-state index contributed by atoms with van der Waals surface area (Å²) in [6.45, 7) is 1.95. The molecule has 5 aromatic rings. The quantitative estimate of drug-likeness (QED) is 0.275. The van der Waals surface area contributed by atoms with Gasteiger partial charge in [-0.2, -0.15) is 5.26 Å². The molecular formula is C27H23N5OS2. The van der Waals surface area contributed by atoms with Gasteiger partial charge in [0.05, 0.1) is 35.1 Å². The second-order valence-corrected chi connectivity index (χ2v) is 10.2. The molecule has 0 aliphatic rings. The minimum absolute atomic E-state index is 0.0241. The van der Waals surface area contributed by atoms with E-state index in [4.69, 9.17) is 5.26 Å². The molecule has 0 unspecified atom stereocenters. The summed E-state index contributed by atoms with van der Waals surface area (Å²) < 4.78 is 3.18. The Kier molecular flexibility index (Phi) is 6.89. The minimum atomic E-state index is -0.0241. The third kappa shape index (κ3) is 5.60. The highest BCUT2D eigenvalue weighted by atomic mass is 32.1. The Bertz CT molecular complexity index is 1480. The number of rotatable bonds is 9. The Labute approximate surface area is 211 Å². The standard InChI is InChI=1S/C27H23N5OS2/c28-14-19-3-5-20(6-4-19)17-32-18-29-15-23(32)16-31-22-7-8-25-21(12-22)13-26(35-25)27(33)30-10-9-24-2-1-11-34-24/h1-8,11-13,15,18,31H,9-10,16-17H2,(H,30,33). The number of nitrogens with zero attached hydrogens (tertiary/aromatic N) is 3. The zero-order valence-corrected chi connectivity index (χ0v) is 20.5. The third-order valence-corrected chi connectivity index (χ3v) is 7.74. The first kappa shape index (κ1) is 22.8. The molecule has 0 radical (unpaired) electrons. The molecule has 35 heavy (non-hydrogen) atoms. The number of nitrogens with one attached hydrogen (secondary N) is 2. The highest BCUT2D eigenvalue weighted by Gasteiger charge is 2.11. The number of fused-ring (bicyclic) bond motifs is 1. The summed E-state index contributed by atoms with van der Waals surface area (Å²) in [5, 5.41) is 18.6. The summed E-state index contributed by atoms with van der Waals surface area (Å²) in [6, 6.07) is 22.0. The van der Waals surface area contributed by atoms with Crippen molar-refractivity contribution >= 4 is 44.4 Å². The summed E-state index contributed by atoms with van der Waals surface area (Å²) in [5.41, 5.74) is 3.82. The van der Waals surface area contributed by atoms with Crippen molar-refractivity contribution in [2.45, 2.75) is 19.5 Å². The van der Waals surface area contributed by atoms with E-state index >= 15 is 0 Å². The summed E-state index contributed by atoms with van der Waals surface area (Å²) >= 11 is 3.22. The lowest BCUT2D eigenvalue weighted by Gasteiger charge is -2.10. The molecule has 0 aliphatic heterocycles. The van der Waals surface area contributed by atoms with Crippen LogP contribution in [0.5, 0.6) is 0 Å². The summed E-state index contributed by atoms with van der Waals surface area (Å²) in [5.74, 6) is -0.0241. The average molecular weight is 498 g/mol. The fraction of sp³-hybridized carbons (Fsp3) is 0.148. The lowest BCUT2D eigenvalue weighted by molar-refractivity contribution is 0.0958. The summed E-state index contributed by atoms with van der Waals surface area (Å²) in [6.07, 6.45) is 4.53. The number of amides is 1. The predicted octanol–water partition coefficient (Wildman–Crippen LogP) is 5.66. The van der Waals surface area contributed by atoms with E-state index < -0.39 is 0 Å². The number of aromatic nitrogens is 2. The maximum atomic E-state index is 12.6. The first-order valence-corrected chi connectivity index (χ1v) is 12.9. The molecule has 3 aromatic heterocycles. The van der Waals surface area contributed by atoms with Gasteiger partial charge < -0.3 is 15.2 Å². The fourth-order valence-electron chi connectivity index (χ4n) is 3.82. The van der Waals surface area contributed by atoms with E-state index in [9.17, 15) is 4.79 Å². The van der Waals surface area contributed by atoms with Gasteiger partial charge in [0.2, 0.25) is 0 Å². The minimum Gasteiger partial charge on any atom is -0.379 e. The van der Waals surface area contributed by atoms with Crippen molar-refractivity contribution in [2.24, 2.45) is 0 Å². The second kappa shape index (κ2) is 10.6. The molecule has 5 rings (SSSR count). The van der Waals surface area contributed by atoms with Gasteiger partial charge in [-0.15, -0.1) is 22.7 Å². The van der Waals surface area contributed by atoms with Crippen molar-refractivity contribution in [3.05, 3.63) is 105 Å². The normalized spacial score (nSPS) is 10.8. The lowest BCUT2D eigenvalue weighted by Crippen LogP contribution is -2.24. The van der Waals surface area contributed by atoms with Gasteiger partial charge in [0.25, 0.3) is 5.91 Å². The molecule has 2 N–H and O–H groups in total. The number of carbonyl (C=O) groups excluding carboxylic acids is 1. The van der Waals surface area contributed by atoms with E-state index in [0.29, 0.717) is 25.2 Å². The molecule has 6 nitrogen and oxygen atoms in total. The maximum Gasteiger partial charge on any atom is 0.261 e. The average Bonchev–Trinajstić information content (AvgIpc) is 3.64. The molecule has 0 fully saturated rings. The topological polar surface area (TPSA) is 82.7 Å². The van der Waals surface area contributed by atoms with Crippen LogP contribution in [0.3, 0.4) is 0 Å². The Morgan fingerprint density at radius 1 is 1.11 bits per heavy atom. The van der Waals surface area contributed by atoms with E-state index in [-0.39, 0.29) is 5.91 Å². The smallest absolute Gasteiger partial charge is 0.261 e. The highest BCUT2D eigenvalue weighted by molar-refractivity contribution is 7.20. The van der Waals surface area contributed by atoms with E-state index in [1.54, 1.807) is 11.3 Å². The van der Waals surface area contributed by atoms with Crippen LogP contribution in [0.15, 0.2) is 78.6 Å². The largest absolute Gasteiger partial charge is 0.379 e. The van der Waals surface area contributed by atoms with Crippen LogP contribution in [-0.2, 0) is 19.5 Å². The number of carbonyl (C=O) groups is 1. The predicted molar refractivity (Wildman–Crippen MR) is 142 cm³/mol. The van der Waals surface area contributed by atoms with Crippen molar-refractivity contribution in [3.8, 4) is 6.07 Å². The zero-order valence-electron chi connectivity index (χ0n) is 18.9. The second-order valence-electron chi connectivity index (χ2n) is 8.12. The van der Waals surface area contributed by atoms with Gasteiger partial charge in [-0.1, -0.05) is 18.2 Å². The summed E-state index contributed by atoms with van der Waals surface area (Å²) in [4.78, 5) is 18.9. The molecule has 0 saturated carbocycles. The molecule has 0 spiro atoms. The third-order valence-electron chi connectivity index (χ3n) is 5.69. The molecule has 1 amide bonds. The Hall–Kier alpha value is -3.93. The number of anilines is 1. The van der Waals surface area contributed by atoms with Crippen LogP contribution in [-0.4, -0.2) is 22.0 Å². The Morgan fingerprint density at radius 3 is 2.80 bits per heavy atom. The van der Waals surface area contributed by atoms with Gasteiger partial charge >= 0.3 is 0 Å². The molecule has 0 atom stereocenters.